The Morgan fingerprint density at radius 3 is 2.62 bits per heavy atom. The van der Waals surface area contributed by atoms with E-state index in [0.717, 1.165) is 17.6 Å². The number of aliphatic imine (C=N–C) groups is 1. The van der Waals surface area contributed by atoms with Crippen molar-refractivity contribution in [3.8, 4) is 0 Å². The third-order valence-corrected chi connectivity index (χ3v) is 3.68. The normalized spacial score (nSPS) is 10.9. The molecule has 0 aliphatic rings. The number of hydrogen-bond donors (Lipinski definition) is 2. The number of benzene rings is 1. The second kappa shape index (κ2) is 10.1. The Kier molecular flexibility index (Phi) is 8.45. The van der Waals surface area contributed by atoms with E-state index in [1.165, 1.54) is 11.1 Å². The van der Waals surface area contributed by atoms with Crippen LogP contribution >= 0.6 is 24.0 Å². The average molecular weight is 440 g/mol. The SMILES string of the molecule is C=CCNC(=NCc1ccccc1C)NCc1nnc(C)n1C.I. The minimum atomic E-state index is 0. The third-order valence-electron chi connectivity index (χ3n) is 3.68. The molecule has 0 spiro atoms. The van der Waals surface area contributed by atoms with Gasteiger partial charge in [-0.25, -0.2) is 4.99 Å². The molecule has 0 bridgehead atoms. The summed E-state index contributed by atoms with van der Waals surface area (Å²) in [5.41, 5.74) is 2.45. The first-order valence-corrected chi connectivity index (χ1v) is 7.64. The predicted octanol–water partition coefficient (Wildman–Crippen LogP) is 2.47. The number of rotatable bonds is 6. The molecule has 2 rings (SSSR count). The number of hydrogen-bond acceptors (Lipinski definition) is 3. The molecule has 0 saturated carbocycles. The standard InChI is InChI=1S/C17H24N6.HI/c1-5-10-18-17(19-11-15-9-7-6-8-13(15)2)20-12-16-22-21-14(3)23(16)4;/h5-9H,1,10-12H2,2-4H3,(H2,18,19,20);1H. The van der Waals surface area contributed by atoms with E-state index in [4.69, 9.17) is 0 Å². The molecule has 0 amide bonds. The van der Waals surface area contributed by atoms with Crippen LogP contribution in [0.3, 0.4) is 0 Å². The van der Waals surface area contributed by atoms with Crippen LogP contribution in [0.5, 0.6) is 0 Å². The van der Waals surface area contributed by atoms with Crippen molar-refractivity contribution >= 4 is 29.9 Å². The van der Waals surface area contributed by atoms with Crippen LogP contribution in [0.1, 0.15) is 22.8 Å². The molecule has 6 nitrogen and oxygen atoms in total. The summed E-state index contributed by atoms with van der Waals surface area (Å²) in [7, 11) is 1.95. The third kappa shape index (κ3) is 5.63. The largest absolute Gasteiger partial charge is 0.353 e. The minimum absolute atomic E-state index is 0. The van der Waals surface area contributed by atoms with Crippen LogP contribution in [-0.2, 0) is 20.1 Å². The summed E-state index contributed by atoms with van der Waals surface area (Å²) in [6.45, 7) is 9.59. The highest BCUT2D eigenvalue weighted by atomic mass is 127. The molecular weight excluding hydrogens is 415 g/mol. The topological polar surface area (TPSA) is 67.1 Å². The van der Waals surface area contributed by atoms with Crippen LogP contribution in [0.25, 0.3) is 0 Å². The summed E-state index contributed by atoms with van der Waals surface area (Å²) >= 11 is 0. The molecule has 0 saturated heterocycles. The van der Waals surface area contributed by atoms with Crippen LogP contribution in [-0.4, -0.2) is 27.3 Å². The number of guanidine groups is 1. The fourth-order valence-corrected chi connectivity index (χ4v) is 2.06. The van der Waals surface area contributed by atoms with Crippen molar-refractivity contribution in [2.24, 2.45) is 12.0 Å². The second-order valence-corrected chi connectivity index (χ2v) is 5.34. The number of nitrogens with one attached hydrogen (secondary N) is 2. The summed E-state index contributed by atoms with van der Waals surface area (Å²) in [6, 6.07) is 8.26. The fourth-order valence-electron chi connectivity index (χ4n) is 2.06. The van der Waals surface area contributed by atoms with Crippen molar-refractivity contribution in [1.29, 1.82) is 0 Å². The van der Waals surface area contributed by atoms with Crippen molar-refractivity contribution in [3.63, 3.8) is 0 Å². The molecule has 7 heteroatoms. The van der Waals surface area contributed by atoms with Crippen molar-refractivity contribution in [1.82, 2.24) is 25.4 Å². The van der Waals surface area contributed by atoms with E-state index in [9.17, 15) is 0 Å². The highest BCUT2D eigenvalue weighted by molar-refractivity contribution is 14.0. The maximum absolute atomic E-state index is 4.63. The Labute approximate surface area is 160 Å². The lowest BCUT2D eigenvalue weighted by Crippen LogP contribution is -2.37. The van der Waals surface area contributed by atoms with Crippen molar-refractivity contribution in [2.45, 2.75) is 26.9 Å². The van der Waals surface area contributed by atoms with Gasteiger partial charge in [0.15, 0.2) is 11.8 Å². The molecule has 1 heterocycles. The highest BCUT2D eigenvalue weighted by Gasteiger charge is 2.06. The van der Waals surface area contributed by atoms with E-state index in [1.54, 1.807) is 6.08 Å². The van der Waals surface area contributed by atoms with E-state index >= 15 is 0 Å². The summed E-state index contributed by atoms with van der Waals surface area (Å²) in [5.74, 6) is 2.49. The molecule has 130 valence electrons. The van der Waals surface area contributed by atoms with Gasteiger partial charge in [0, 0.05) is 13.6 Å². The van der Waals surface area contributed by atoms with Gasteiger partial charge in [0.2, 0.25) is 0 Å². The average Bonchev–Trinajstić information content (AvgIpc) is 2.87. The molecule has 0 fully saturated rings. The lowest BCUT2D eigenvalue weighted by Gasteiger charge is -2.11. The zero-order valence-corrected chi connectivity index (χ0v) is 16.7. The monoisotopic (exact) mass is 440 g/mol. The van der Waals surface area contributed by atoms with Crippen LogP contribution in [0.4, 0.5) is 0 Å². The maximum atomic E-state index is 4.63. The molecule has 1 aromatic carbocycles. The molecule has 1 aromatic heterocycles. The zero-order chi connectivity index (χ0) is 16.7. The smallest absolute Gasteiger partial charge is 0.192 e. The van der Waals surface area contributed by atoms with Gasteiger partial charge >= 0.3 is 0 Å². The van der Waals surface area contributed by atoms with Crippen LogP contribution in [0.15, 0.2) is 41.9 Å². The predicted molar refractivity (Wildman–Crippen MR) is 109 cm³/mol. The van der Waals surface area contributed by atoms with Crippen LogP contribution in [0.2, 0.25) is 0 Å². The van der Waals surface area contributed by atoms with Crippen molar-refractivity contribution in [3.05, 3.63) is 59.7 Å². The zero-order valence-electron chi connectivity index (χ0n) is 14.4. The molecule has 2 aromatic rings. The minimum Gasteiger partial charge on any atom is -0.353 e. The Hall–Kier alpha value is -1.90. The maximum Gasteiger partial charge on any atom is 0.192 e. The van der Waals surface area contributed by atoms with Gasteiger partial charge in [-0.3, -0.25) is 0 Å². The summed E-state index contributed by atoms with van der Waals surface area (Å²) in [5, 5.41) is 14.7. The first-order valence-electron chi connectivity index (χ1n) is 7.64. The van der Waals surface area contributed by atoms with Crippen LogP contribution < -0.4 is 10.6 Å². The van der Waals surface area contributed by atoms with Crippen molar-refractivity contribution < 1.29 is 0 Å². The number of nitrogens with zero attached hydrogens (tertiary/aromatic N) is 4. The van der Waals surface area contributed by atoms with E-state index in [1.807, 2.05) is 30.7 Å². The molecule has 0 aliphatic heterocycles. The fraction of sp³-hybridized carbons (Fsp3) is 0.353. The van der Waals surface area contributed by atoms with Gasteiger partial charge in [-0.05, 0) is 25.0 Å². The molecule has 2 N–H and O–H groups in total. The highest BCUT2D eigenvalue weighted by Crippen LogP contribution is 2.08. The number of aromatic nitrogens is 3. The molecule has 0 unspecified atom stereocenters. The van der Waals surface area contributed by atoms with E-state index in [-0.39, 0.29) is 24.0 Å². The van der Waals surface area contributed by atoms with E-state index in [2.05, 4.69) is 51.5 Å². The van der Waals surface area contributed by atoms with Crippen LogP contribution in [0, 0.1) is 13.8 Å². The molecule has 0 radical (unpaired) electrons. The number of halogens is 1. The number of aryl methyl sites for hydroxylation is 2. The first-order chi connectivity index (χ1) is 11.1. The Morgan fingerprint density at radius 1 is 1.25 bits per heavy atom. The van der Waals surface area contributed by atoms with E-state index < -0.39 is 0 Å². The quantitative estimate of drug-likeness (QED) is 0.314. The first kappa shape index (κ1) is 20.1. The summed E-state index contributed by atoms with van der Waals surface area (Å²) in [4.78, 5) is 4.63. The van der Waals surface area contributed by atoms with E-state index in [0.29, 0.717) is 19.6 Å². The summed E-state index contributed by atoms with van der Waals surface area (Å²) < 4.78 is 1.96. The van der Waals surface area contributed by atoms with Crippen molar-refractivity contribution in [2.75, 3.05) is 6.54 Å². The van der Waals surface area contributed by atoms with Gasteiger partial charge in [0.25, 0.3) is 0 Å². The van der Waals surface area contributed by atoms with Gasteiger partial charge in [0.05, 0.1) is 13.1 Å². The Balaban J connectivity index is 0.00000288. The Morgan fingerprint density at radius 2 is 2.00 bits per heavy atom. The van der Waals surface area contributed by atoms with Gasteiger partial charge in [-0.15, -0.1) is 40.8 Å². The second-order valence-electron chi connectivity index (χ2n) is 5.34. The molecular formula is C17H25IN6. The van der Waals surface area contributed by atoms with Gasteiger partial charge in [-0.2, -0.15) is 0 Å². The van der Waals surface area contributed by atoms with Gasteiger partial charge in [-0.1, -0.05) is 30.3 Å². The lowest BCUT2D eigenvalue weighted by molar-refractivity contribution is 0.721. The molecule has 0 atom stereocenters. The van der Waals surface area contributed by atoms with Gasteiger partial charge < -0.3 is 15.2 Å². The molecule has 0 aliphatic carbocycles. The summed E-state index contributed by atoms with van der Waals surface area (Å²) in [6.07, 6.45) is 1.80. The van der Waals surface area contributed by atoms with Gasteiger partial charge in [0.1, 0.15) is 5.82 Å². The lowest BCUT2D eigenvalue weighted by atomic mass is 10.1. The Bertz CT molecular complexity index is 692. The molecule has 24 heavy (non-hydrogen) atoms.